The lowest BCUT2D eigenvalue weighted by Crippen LogP contribution is -1.93. The summed E-state index contributed by atoms with van der Waals surface area (Å²) in [6.07, 6.45) is 8.85. The van der Waals surface area contributed by atoms with Gasteiger partial charge in [0.2, 0.25) is 0 Å². The zero-order chi connectivity index (χ0) is 13.1. The molecule has 1 nitrogen and oxygen atoms in total. The summed E-state index contributed by atoms with van der Waals surface area (Å²) < 4.78 is 1.07. The first-order valence-electron chi connectivity index (χ1n) is 6.43. The Morgan fingerprint density at radius 1 is 0.947 bits per heavy atom. The molecule has 94 valence electrons. The topological polar surface area (TPSA) is 12.9 Å². The van der Waals surface area contributed by atoms with Crippen molar-refractivity contribution in [2.75, 3.05) is 0 Å². The first-order chi connectivity index (χ1) is 9.33. The molecule has 1 aromatic carbocycles. The summed E-state index contributed by atoms with van der Waals surface area (Å²) in [6.45, 7) is 0. The molecule has 0 bridgehead atoms. The van der Waals surface area contributed by atoms with E-state index in [9.17, 15) is 0 Å². The van der Waals surface area contributed by atoms with Gasteiger partial charge in [-0.15, -0.1) is 0 Å². The van der Waals surface area contributed by atoms with Crippen molar-refractivity contribution in [1.29, 1.82) is 0 Å². The molecular weight excluding hydrogens is 298 g/mol. The van der Waals surface area contributed by atoms with Gasteiger partial charge in [-0.1, -0.05) is 64.5 Å². The Hall–Kier alpha value is -1.67. The lowest BCUT2D eigenvalue weighted by molar-refractivity contribution is 1.04. The molecule has 3 rings (SSSR count). The van der Waals surface area contributed by atoms with Crippen molar-refractivity contribution >= 4 is 21.5 Å². The van der Waals surface area contributed by atoms with Gasteiger partial charge in [0.15, 0.2) is 0 Å². The molecule has 2 heteroatoms. The van der Waals surface area contributed by atoms with E-state index in [-0.39, 0.29) is 0 Å². The average Bonchev–Trinajstić information content (AvgIpc) is 2.48. The fraction of sp³-hybridized carbons (Fsp3) is 0.118. The molecule has 0 saturated heterocycles. The van der Waals surface area contributed by atoms with Crippen LogP contribution < -0.4 is 0 Å². The van der Waals surface area contributed by atoms with Crippen molar-refractivity contribution in [2.45, 2.75) is 12.8 Å². The number of pyridine rings is 1. The number of allylic oxidation sites excluding steroid dienone is 4. The molecule has 1 aliphatic rings. The Morgan fingerprint density at radius 2 is 1.74 bits per heavy atom. The van der Waals surface area contributed by atoms with E-state index in [2.05, 4.69) is 58.4 Å². The summed E-state index contributed by atoms with van der Waals surface area (Å²) in [6, 6.07) is 14.4. The van der Waals surface area contributed by atoms with Crippen LogP contribution in [0.5, 0.6) is 0 Å². The third-order valence-corrected chi connectivity index (χ3v) is 3.61. The fourth-order valence-electron chi connectivity index (χ4n) is 2.21. The molecule has 0 radical (unpaired) electrons. The van der Waals surface area contributed by atoms with Gasteiger partial charge in [0.05, 0.1) is 11.4 Å². The lowest BCUT2D eigenvalue weighted by Gasteiger charge is -2.09. The summed E-state index contributed by atoms with van der Waals surface area (Å²) >= 11 is 3.59. The van der Waals surface area contributed by atoms with E-state index in [1.807, 2.05) is 18.2 Å². The Balaban J connectivity index is 2.06. The standard InChI is InChI=1S/C17H14BrN/c18-15-11-16(13-7-3-1-4-8-13)19-17(12-15)14-9-5-2-6-10-14/h1,3-5,7-12H,2,6H2. The smallest absolute Gasteiger partial charge is 0.0720 e. The largest absolute Gasteiger partial charge is 0.248 e. The Kier molecular flexibility index (Phi) is 3.60. The quantitative estimate of drug-likeness (QED) is 0.738. The van der Waals surface area contributed by atoms with Crippen LogP contribution in [0.2, 0.25) is 0 Å². The lowest BCUT2D eigenvalue weighted by atomic mass is 10.0. The maximum atomic E-state index is 4.78. The molecule has 0 atom stereocenters. The number of hydrogen-bond acceptors (Lipinski definition) is 1. The van der Waals surface area contributed by atoms with Crippen LogP contribution in [0.25, 0.3) is 16.8 Å². The van der Waals surface area contributed by atoms with Crippen LogP contribution in [-0.2, 0) is 0 Å². The van der Waals surface area contributed by atoms with E-state index in [0.717, 1.165) is 34.3 Å². The molecule has 0 aliphatic heterocycles. The summed E-state index contributed by atoms with van der Waals surface area (Å²) in [7, 11) is 0. The SMILES string of the molecule is Brc1cc(C2=CCCC=C2)nc(-c2ccccc2)c1. The summed E-state index contributed by atoms with van der Waals surface area (Å²) in [5, 5.41) is 0. The first kappa shape index (κ1) is 12.4. The molecular formula is C17H14BrN. The van der Waals surface area contributed by atoms with Crippen LogP contribution in [0.1, 0.15) is 18.5 Å². The van der Waals surface area contributed by atoms with Gasteiger partial charge in [0.1, 0.15) is 0 Å². The predicted molar refractivity (Wildman–Crippen MR) is 83.7 cm³/mol. The van der Waals surface area contributed by atoms with Gasteiger partial charge in [-0.25, -0.2) is 4.98 Å². The van der Waals surface area contributed by atoms with E-state index in [4.69, 9.17) is 4.98 Å². The Morgan fingerprint density at radius 3 is 2.47 bits per heavy atom. The van der Waals surface area contributed by atoms with Gasteiger partial charge in [0, 0.05) is 10.0 Å². The number of benzene rings is 1. The summed E-state index contributed by atoms with van der Waals surface area (Å²) in [5.41, 5.74) is 4.39. The number of rotatable bonds is 2. The third kappa shape index (κ3) is 2.85. The number of aromatic nitrogens is 1. The summed E-state index contributed by atoms with van der Waals surface area (Å²) in [4.78, 5) is 4.78. The highest BCUT2D eigenvalue weighted by Crippen LogP contribution is 2.27. The van der Waals surface area contributed by atoms with Crippen LogP contribution in [0, 0.1) is 0 Å². The molecule has 0 fully saturated rings. The number of hydrogen-bond donors (Lipinski definition) is 0. The van der Waals surface area contributed by atoms with Gasteiger partial charge >= 0.3 is 0 Å². The molecule has 19 heavy (non-hydrogen) atoms. The van der Waals surface area contributed by atoms with E-state index in [1.165, 1.54) is 5.57 Å². The zero-order valence-electron chi connectivity index (χ0n) is 10.5. The van der Waals surface area contributed by atoms with Crippen molar-refractivity contribution in [2.24, 2.45) is 0 Å². The van der Waals surface area contributed by atoms with E-state index in [0.29, 0.717) is 0 Å². The zero-order valence-corrected chi connectivity index (χ0v) is 12.1. The van der Waals surface area contributed by atoms with Gasteiger partial charge in [-0.2, -0.15) is 0 Å². The maximum Gasteiger partial charge on any atom is 0.0720 e. The third-order valence-electron chi connectivity index (χ3n) is 3.15. The van der Waals surface area contributed by atoms with Crippen LogP contribution in [0.3, 0.4) is 0 Å². The van der Waals surface area contributed by atoms with Crippen molar-refractivity contribution in [3.63, 3.8) is 0 Å². The van der Waals surface area contributed by atoms with Crippen LogP contribution in [-0.4, -0.2) is 4.98 Å². The Labute approximate surface area is 121 Å². The predicted octanol–water partition coefficient (Wildman–Crippen LogP) is 5.24. The minimum Gasteiger partial charge on any atom is -0.248 e. The van der Waals surface area contributed by atoms with Gasteiger partial charge < -0.3 is 0 Å². The number of halogens is 1. The van der Waals surface area contributed by atoms with E-state index >= 15 is 0 Å². The molecule has 1 aliphatic carbocycles. The van der Waals surface area contributed by atoms with Crippen molar-refractivity contribution < 1.29 is 0 Å². The molecule has 1 aromatic heterocycles. The molecule has 2 aromatic rings. The van der Waals surface area contributed by atoms with Crippen molar-refractivity contribution in [3.05, 3.63) is 70.9 Å². The van der Waals surface area contributed by atoms with Crippen LogP contribution >= 0.6 is 15.9 Å². The average molecular weight is 312 g/mol. The first-order valence-corrected chi connectivity index (χ1v) is 7.22. The molecule has 1 heterocycles. The minimum absolute atomic E-state index is 1.00. The number of nitrogens with zero attached hydrogens (tertiary/aromatic N) is 1. The van der Waals surface area contributed by atoms with Crippen molar-refractivity contribution in [1.82, 2.24) is 4.98 Å². The van der Waals surface area contributed by atoms with Crippen LogP contribution in [0.4, 0.5) is 0 Å². The monoisotopic (exact) mass is 311 g/mol. The molecule has 0 unspecified atom stereocenters. The minimum atomic E-state index is 1.00. The van der Waals surface area contributed by atoms with Crippen molar-refractivity contribution in [3.8, 4) is 11.3 Å². The van der Waals surface area contributed by atoms with Gasteiger partial charge in [0.25, 0.3) is 0 Å². The van der Waals surface area contributed by atoms with E-state index in [1.54, 1.807) is 0 Å². The van der Waals surface area contributed by atoms with Gasteiger partial charge in [-0.3, -0.25) is 0 Å². The van der Waals surface area contributed by atoms with Gasteiger partial charge in [-0.05, 0) is 30.5 Å². The highest BCUT2D eigenvalue weighted by molar-refractivity contribution is 9.10. The second-order valence-electron chi connectivity index (χ2n) is 4.56. The molecule has 0 amide bonds. The normalized spacial score (nSPS) is 14.3. The van der Waals surface area contributed by atoms with Crippen LogP contribution in [0.15, 0.2) is 65.2 Å². The second kappa shape index (κ2) is 5.54. The summed E-state index contributed by atoms with van der Waals surface area (Å²) in [5.74, 6) is 0. The second-order valence-corrected chi connectivity index (χ2v) is 5.48. The molecule has 0 N–H and O–H groups in total. The molecule has 0 spiro atoms. The Bertz CT molecular complexity index is 642. The van der Waals surface area contributed by atoms with E-state index < -0.39 is 0 Å². The molecule has 0 saturated carbocycles. The fourth-order valence-corrected chi connectivity index (χ4v) is 2.64. The highest BCUT2D eigenvalue weighted by atomic mass is 79.9. The maximum absolute atomic E-state index is 4.78. The highest BCUT2D eigenvalue weighted by Gasteiger charge is 2.07.